The summed E-state index contributed by atoms with van der Waals surface area (Å²) in [5.74, 6) is -1.58. The molecular formula is C22H27NO3S. The summed E-state index contributed by atoms with van der Waals surface area (Å²) in [6.45, 7) is 4.31. The monoisotopic (exact) mass is 385 g/mol. The first-order valence-corrected chi connectivity index (χ1v) is 10.5. The van der Waals surface area contributed by atoms with Crippen molar-refractivity contribution in [3.63, 3.8) is 0 Å². The standard InChI is InChI=1S/C22H27NO3S/c1-14(2)15-9-11-16(12-10-15)20(19-8-5-13-27-19)23-21(24)17-6-3-4-7-18(17)22(25)26/h5,8-14,17-18,20H,3-4,6-7H2,1-2H3,(H,23,24)(H,25,26)/t17-,18+,20-/m1/s1. The quantitative estimate of drug-likeness (QED) is 0.738. The van der Waals surface area contributed by atoms with Crippen molar-refractivity contribution in [3.8, 4) is 0 Å². The topological polar surface area (TPSA) is 66.4 Å². The van der Waals surface area contributed by atoms with Crippen molar-refractivity contribution in [3.05, 3.63) is 57.8 Å². The molecule has 0 radical (unpaired) electrons. The Kier molecular flexibility index (Phi) is 6.32. The summed E-state index contributed by atoms with van der Waals surface area (Å²) in [5.41, 5.74) is 2.28. The lowest BCUT2D eigenvalue weighted by Gasteiger charge is -2.29. The van der Waals surface area contributed by atoms with Crippen LogP contribution < -0.4 is 5.32 Å². The molecule has 0 spiro atoms. The fourth-order valence-corrected chi connectivity index (χ4v) is 4.64. The summed E-state index contributed by atoms with van der Waals surface area (Å²) < 4.78 is 0. The van der Waals surface area contributed by atoms with E-state index in [0.717, 1.165) is 23.3 Å². The van der Waals surface area contributed by atoms with E-state index in [9.17, 15) is 14.7 Å². The molecule has 2 N–H and O–H groups in total. The summed E-state index contributed by atoms with van der Waals surface area (Å²) >= 11 is 1.60. The molecule has 27 heavy (non-hydrogen) atoms. The van der Waals surface area contributed by atoms with E-state index in [1.165, 1.54) is 5.56 Å². The fraction of sp³-hybridized carbons (Fsp3) is 0.455. The van der Waals surface area contributed by atoms with Crippen molar-refractivity contribution in [2.75, 3.05) is 0 Å². The predicted molar refractivity (Wildman–Crippen MR) is 108 cm³/mol. The zero-order valence-electron chi connectivity index (χ0n) is 15.9. The number of rotatable bonds is 6. The summed E-state index contributed by atoms with van der Waals surface area (Å²) in [6.07, 6.45) is 3.02. The van der Waals surface area contributed by atoms with E-state index in [-0.39, 0.29) is 11.9 Å². The van der Waals surface area contributed by atoms with Crippen LogP contribution in [0.4, 0.5) is 0 Å². The van der Waals surface area contributed by atoms with Crippen LogP contribution >= 0.6 is 11.3 Å². The van der Waals surface area contributed by atoms with Crippen molar-refractivity contribution in [2.24, 2.45) is 11.8 Å². The third-order valence-corrected chi connectivity index (χ3v) is 6.41. The van der Waals surface area contributed by atoms with Gasteiger partial charge in [-0.1, -0.05) is 57.0 Å². The molecule has 0 bridgehead atoms. The van der Waals surface area contributed by atoms with Crippen LogP contribution in [-0.4, -0.2) is 17.0 Å². The Bertz CT molecular complexity index is 767. The normalized spacial score (nSPS) is 21.0. The van der Waals surface area contributed by atoms with Crippen LogP contribution in [0.5, 0.6) is 0 Å². The van der Waals surface area contributed by atoms with E-state index in [1.807, 2.05) is 17.5 Å². The van der Waals surface area contributed by atoms with E-state index in [4.69, 9.17) is 0 Å². The second-order valence-electron chi connectivity index (χ2n) is 7.61. The predicted octanol–water partition coefficient (Wildman–Crippen LogP) is 4.97. The first-order chi connectivity index (χ1) is 13.0. The average molecular weight is 386 g/mol. The highest BCUT2D eigenvalue weighted by Crippen LogP contribution is 2.33. The number of nitrogens with one attached hydrogen (secondary N) is 1. The molecule has 1 fully saturated rings. The van der Waals surface area contributed by atoms with Crippen LogP contribution in [0, 0.1) is 11.8 Å². The fourth-order valence-electron chi connectivity index (χ4n) is 3.84. The number of hydrogen-bond donors (Lipinski definition) is 2. The number of hydrogen-bond acceptors (Lipinski definition) is 3. The van der Waals surface area contributed by atoms with Crippen molar-refractivity contribution >= 4 is 23.2 Å². The zero-order valence-corrected chi connectivity index (χ0v) is 16.7. The van der Waals surface area contributed by atoms with Crippen molar-refractivity contribution in [1.82, 2.24) is 5.32 Å². The number of amides is 1. The first-order valence-electron chi connectivity index (χ1n) is 9.63. The van der Waals surface area contributed by atoms with Gasteiger partial charge in [0.2, 0.25) is 5.91 Å². The Hall–Kier alpha value is -2.14. The van der Waals surface area contributed by atoms with Gasteiger partial charge in [0.05, 0.1) is 17.9 Å². The van der Waals surface area contributed by atoms with E-state index < -0.39 is 17.8 Å². The maximum absolute atomic E-state index is 13.0. The number of carbonyl (C=O) groups excluding carboxylic acids is 1. The van der Waals surface area contributed by atoms with Gasteiger partial charge in [-0.25, -0.2) is 0 Å². The lowest BCUT2D eigenvalue weighted by atomic mass is 9.78. The molecule has 3 rings (SSSR count). The molecule has 1 amide bonds. The number of aliphatic carboxylic acids is 1. The third kappa shape index (κ3) is 4.59. The zero-order chi connectivity index (χ0) is 19.4. The molecular weight excluding hydrogens is 358 g/mol. The Morgan fingerprint density at radius 3 is 2.22 bits per heavy atom. The molecule has 144 valence electrons. The minimum Gasteiger partial charge on any atom is -0.481 e. The third-order valence-electron chi connectivity index (χ3n) is 5.47. The van der Waals surface area contributed by atoms with Gasteiger partial charge >= 0.3 is 5.97 Å². The molecule has 1 saturated carbocycles. The van der Waals surface area contributed by atoms with Gasteiger partial charge in [-0.15, -0.1) is 11.3 Å². The Labute approximate surface area is 164 Å². The Balaban J connectivity index is 1.84. The van der Waals surface area contributed by atoms with Crippen LogP contribution in [0.3, 0.4) is 0 Å². The summed E-state index contributed by atoms with van der Waals surface area (Å²) in [6, 6.07) is 12.1. The van der Waals surface area contributed by atoms with Gasteiger partial charge < -0.3 is 10.4 Å². The van der Waals surface area contributed by atoms with Gasteiger partial charge in [0, 0.05) is 4.88 Å². The van der Waals surface area contributed by atoms with Crippen LogP contribution in [0.25, 0.3) is 0 Å². The van der Waals surface area contributed by atoms with Crippen molar-refractivity contribution < 1.29 is 14.7 Å². The van der Waals surface area contributed by atoms with Gasteiger partial charge in [-0.2, -0.15) is 0 Å². The Morgan fingerprint density at radius 2 is 1.67 bits per heavy atom. The lowest BCUT2D eigenvalue weighted by molar-refractivity contribution is -0.149. The smallest absolute Gasteiger partial charge is 0.307 e. The summed E-state index contributed by atoms with van der Waals surface area (Å²) in [7, 11) is 0. The van der Waals surface area contributed by atoms with Gasteiger partial charge in [0.1, 0.15) is 0 Å². The minimum atomic E-state index is -0.858. The highest BCUT2D eigenvalue weighted by atomic mass is 32.1. The molecule has 2 aromatic rings. The van der Waals surface area contributed by atoms with Gasteiger partial charge in [0.25, 0.3) is 0 Å². The Morgan fingerprint density at radius 1 is 1.04 bits per heavy atom. The van der Waals surface area contributed by atoms with Crippen LogP contribution in [0.15, 0.2) is 41.8 Å². The van der Waals surface area contributed by atoms with E-state index >= 15 is 0 Å². The largest absolute Gasteiger partial charge is 0.481 e. The molecule has 5 heteroatoms. The number of carbonyl (C=O) groups is 2. The number of carboxylic acids is 1. The number of carboxylic acid groups (broad SMARTS) is 1. The first kappa shape index (κ1) is 19.6. The highest BCUT2D eigenvalue weighted by molar-refractivity contribution is 7.10. The van der Waals surface area contributed by atoms with E-state index in [0.29, 0.717) is 18.8 Å². The summed E-state index contributed by atoms with van der Waals surface area (Å²) in [4.78, 5) is 25.6. The van der Waals surface area contributed by atoms with Crippen LogP contribution in [0.1, 0.15) is 67.5 Å². The number of benzene rings is 1. The molecule has 0 unspecified atom stereocenters. The second-order valence-corrected chi connectivity index (χ2v) is 8.59. The van der Waals surface area contributed by atoms with Gasteiger partial charge in [-0.05, 0) is 41.3 Å². The van der Waals surface area contributed by atoms with Crippen LogP contribution in [0.2, 0.25) is 0 Å². The maximum Gasteiger partial charge on any atom is 0.307 e. The second kappa shape index (κ2) is 8.70. The molecule has 1 aliphatic rings. The SMILES string of the molecule is CC(C)c1ccc([C@@H](NC(=O)[C@@H]2CCCC[C@@H]2C(=O)O)c2cccs2)cc1. The van der Waals surface area contributed by atoms with Gasteiger partial charge in [0.15, 0.2) is 0 Å². The molecule has 1 aromatic carbocycles. The lowest BCUT2D eigenvalue weighted by Crippen LogP contribution is -2.41. The molecule has 1 aliphatic carbocycles. The van der Waals surface area contributed by atoms with E-state index in [1.54, 1.807) is 11.3 Å². The minimum absolute atomic E-state index is 0.145. The van der Waals surface area contributed by atoms with Crippen molar-refractivity contribution in [2.45, 2.75) is 51.5 Å². The molecule has 3 atom stereocenters. The molecule has 4 nitrogen and oxygen atoms in total. The van der Waals surface area contributed by atoms with Crippen LogP contribution in [-0.2, 0) is 9.59 Å². The maximum atomic E-state index is 13.0. The molecule has 1 aromatic heterocycles. The highest BCUT2D eigenvalue weighted by Gasteiger charge is 2.36. The number of thiophene rings is 1. The molecule has 0 saturated heterocycles. The molecule has 1 heterocycles. The summed E-state index contributed by atoms with van der Waals surface area (Å²) in [5, 5.41) is 14.6. The average Bonchev–Trinajstić information content (AvgIpc) is 3.20. The van der Waals surface area contributed by atoms with E-state index in [2.05, 4.69) is 43.4 Å². The van der Waals surface area contributed by atoms with Gasteiger partial charge in [-0.3, -0.25) is 9.59 Å². The molecule has 0 aliphatic heterocycles. The van der Waals surface area contributed by atoms with Crippen molar-refractivity contribution in [1.29, 1.82) is 0 Å².